The molecule has 0 unspecified atom stereocenters. The summed E-state index contributed by atoms with van der Waals surface area (Å²) in [6, 6.07) is 16.5. The van der Waals surface area contributed by atoms with Crippen molar-refractivity contribution in [1.82, 2.24) is 0 Å². The van der Waals surface area contributed by atoms with Crippen LogP contribution in [0, 0.1) is 28.4 Å². The van der Waals surface area contributed by atoms with Crippen LogP contribution in [0.4, 0.5) is 11.4 Å². The van der Waals surface area contributed by atoms with E-state index in [9.17, 15) is 20.2 Å². The SMILES string of the molecule is COc1cc(/C=C(\C#N)C(=O)Nc2ccc(Cl)cc2[N+](=O)[O-])cc(Cl)c1OCc1ccc(C)cc1. The standard InChI is InChI=1S/C25H19Cl2N3O5/c1-15-3-5-16(6-4-15)14-35-24-20(27)10-17(11-23(24)34-2)9-18(13-28)25(31)29-21-8-7-19(26)12-22(21)30(32)33/h3-12H,14H2,1-2H3,(H,29,31)/b18-9+. The molecule has 178 valence electrons. The number of carbonyl (C=O) groups is 1. The van der Waals surface area contributed by atoms with Crippen LogP contribution in [-0.4, -0.2) is 17.9 Å². The molecular weight excluding hydrogens is 493 g/mol. The molecule has 0 saturated carbocycles. The first-order valence-corrected chi connectivity index (χ1v) is 10.9. The number of nitro benzene ring substituents is 1. The van der Waals surface area contributed by atoms with Gasteiger partial charge in [0.05, 0.1) is 17.1 Å². The predicted molar refractivity (Wildman–Crippen MR) is 134 cm³/mol. The van der Waals surface area contributed by atoms with Crippen LogP contribution in [0.2, 0.25) is 10.0 Å². The molecule has 0 radical (unpaired) electrons. The van der Waals surface area contributed by atoms with Crippen LogP contribution in [0.5, 0.6) is 11.5 Å². The van der Waals surface area contributed by atoms with Crippen molar-refractivity contribution in [2.45, 2.75) is 13.5 Å². The molecule has 35 heavy (non-hydrogen) atoms. The van der Waals surface area contributed by atoms with Crippen LogP contribution < -0.4 is 14.8 Å². The van der Waals surface area contributed by atoms with Crippen molar-refractivity contribution in [2.24, 2.45) is 0 Å². The molecule has 0 aromatic heterocycles. The lowest BCUT2D eigenvalue weighted by Crippen LogP contribution is -2.14. The molecule has 1 N–H and O–H groups in total. The third-order valence-electron chi connectivity index (χ3n) is 4.84. The van der Waals surface area contributed by atoms with E-state index in [-0.39, 0.29) is 27.9 Å². The second kappa shape index (κ2) is 11.4. The summed E-state index contributed by atoms with van der Waals surface area (Å²) < 4.78 is 11.2. The molecule has 0 aliphatic rings. The largest absolute Gasteiger partial charge is 0.493 e. The number of rotatable bonds is 8. The van der Waals surface area contributed by atoms with Crippen molar-refractivity contribution in [3.05, 3.63) is 97.0 Å². The molecule has 3 aromatic rings. The minimum atomic E-state index is -0.840. The van der Waals surface area contributed by atoms with Crippen LogP contribution >= 0.6 is 23.2 Å². The molecule has 0 saturated heterocycles. The third-order valence-corrected chi connectivity index (χ3v) is 5.35. The number of methoxy groups -OCH3 is 1. The quantitative estimate of drug-likeness (QED) is 0.163. The molecule has 0 fully saturated rings. The Kier molecular flexibility index (Phi) is 8.31. The van der Waals surface area contributed by atoms with Gasteiger partial charge in [-0.05, 0) is 48.4 Å². The van der Waals surface area contributed by atoms with Crippen LogP contribution in [0.3, 0.4) is 0 Å². The molecule has 0 atom stereocenters. The maximum Gasteiger partial charge on any atom is 0.294 e. The highest BCUT2D eigenvalue weighted by molar-refractivity contribution is 6.32. The number of benzene rings is 3. The molecule has 0 bridgehead atoms. The smallest absolute Gasteiger partial charge is 0.294 e. The number of hydrogen-bond acceptors (Lipinski definition) is 6. The lowest BCUT2D eigenvalue weighted by molar-refractivity contribution is -0.383. The van der Waals surface area contributed by atoms with Crippen LogP contribution in [0.15, 0.2) is 60.2 Å². The second-order valence-electron chi connectivity index (χ2n) is 7.35. The van der Waals surface area contributed by atoms with Crippen LogP contribution in [0.1, 0.15) is 16.7 Å². The summed E-state index contributed by atoms with van der Waals surface area (Å²) >= 11 is 12.2. The predicted octanol–water partition coefficient (Wildman–Crippen LogP) is 6.34. The molecular formula is C25H19Cl2N3O5. The first-order chi connectivity index (χ1) is 16.7. The summed E-state index contributed by atoms with van der Waals surface area (Å²) in [7, 11) is 1.44. The number of halogens is 2. The van der Waals surface area contributed by atoms with E-state index in [1.54, 1.807) is 12.1 Å². The van der Waals surface area contributed by atoms with E-state index >= 15 is 0 Å². The Labute approximate surface area is 211 Å². The molecule has 8 nitrogen and oxygen atoms in total. The van der Waals surface area contributed by atoms with Crippen LogP contribution in [0.25, 0.3) is 6.08 Å². The van der Waals surface area contributed by atoms with Gasteiger partial charge in [-0.15, -0.1) is 0 Å². The number of nitrogens with one attached hydrogen (secondary N) is 1. The van der Waals surface area contributed by atoms with Gasteiger partial charge in [-0.1, -0.05) is 53.0 Å². The highest BCUT2D eigenvalue weighted by atomic mass is 35.5. The van der Waals surface area contributed by atoms with Gasteiger partial charge in [-0.25, -0.2) is 0 Å². The average Bonchev–Trinajstić information content (AvgIpc) is 2.83. The molecule has 0 aliphatic heterocycles. The first kappa shape index (κ1) is 25.6. The van der Waals surface area contributed by atoms with Gasteiger partial charge in [0.2, 0.25) is 0 Å². The zero-order valence-electron chi connectivity index (χ0n) is 18.7. The molecule has 0 heterocycles. The van der Waals surface area contributed by atoms with Crippen molar-refractivity contribution >= 4 is 46.6 Å². The first-order valence-electron chi connectivity index (χ1n) is 10.1. The fourth-order valence-electron chi connectivity index (χ4n) is 3.07. The topological polar surface area (TPSA) is 114 Å². The molecule has 0 aliphatic carbocycles. The minimum absolute atomic E-state index is 0.0963. The number of aryl methyl sites for hydroxylation is 1. The molecule has 3 rings (SSSR count). The molecule has 10 heteroatoms. The maximum atomic E-state index is 12.7. The van der Waals surface area contributed by atoms with Gasteiger partial charge < -0.3 is 14.8 Å². The summed E-state index contributed by atoms with van der Waals surface area (Å²) in [4.78, 5) is 23.2. The maximum absolute atomic E-state index is 12.7. The summed E-state index contributed by atoms with van der Waals surface area (Å²) in [6.07, 6.45) is 1.29. The fourth-order valence-corrected chi connectivity index (χ4v) is 3.51. The number of hydrogen-bond donors (Lipinski definition) is 1. The van der Waals surface area contributed by atoms with Gasteiger partial charge in [-0.3, -0.25) is 14.9 Å². The molecule has 3 aromatic carbocycles. The van der Waals surface area contributed by atoms with Crippen molar-refractivity contribution < 1.29 is 19.2 Å². The molecule has 0 spiro atoms. The van der Waals surface area contributed by atoms with E-state index in [1.807, 2.05) is 31.2 Å². The Morgan fingerprint density at radius 1 is 1.17 bits per heavy atom. The Balaban J connectivity index is 1.84. The highest BCUT2D eigenvalue weighted by Gasteiger charge is 2.19. The van der Waals surface area contributed by atoms with Crippen molar-refractivity contribution in [3.8, 4) is 17.6 Å². The summed E-state index contributed by atoms with van der Waals surface area (Å²) in [5.41, 5.74) is 1.66. The fraction of sp³-hybridized carbons (Fsp3) is 0.120. The zero-order valence-corrected chi connectivity index (χ0v) is 20.2. The van der Waals surface area contributed by atoms with Gasteiger partial charge in [0.25, 0.3) is 11.6 Å². The van der Waals surface area contributed by atoms with Crippen LogP contribution in [-0.2, 0) is 11.4 Å². The Morgan fingerprint density at radius 2 is 1.89 bits per heavy atom. The van der Waals surface area contributed by atoms with Gasteiger partial charge in [-0.2, -0.15) is 5.26 Å². The third kappa shape index (κ3) is 6.51. The van der Waals surface area contributed by atoms with E-state index in [4.69, 9.17) is 32.7 Å². The second-order valence-corrected chi connectivity index (χ2v) is 8.19. The number of nitrogens with zero attached hydrogens (tertiary/aromatic N) is 2. The van der Waals surface area contributed by atoms with Gasteiger partial charge >= 0.3 is 0 Å². The Bertz CT molecular complexity index is 1350. The van der Waals surface area contributed by atoms with E-state index in [0.29, 0.717) is 17.1 Å². The van der Waals surface area contributed by atoms with E-state index < -0.39 is 16.5 Å². The van der Waals surface area contributed by atoms with Gasteiger partial charge in [0, 0.05) is 11.1 Å². The number of nitro groups is 1. The summed E-state index contributed by atoms with van der Waals surface area (Å²) in [5, 5.41) is 23.5. The molecule has 1 amide bonds. The summed E-state index contributed by atoms with van der Waals surface area (Å²) in [5.74, 6) is -0.221. The highest BCUT2D eigenvalue weighted by Crippen LogP contribution is 2.37. The number of nitriles is 1. The minimum Gasteiger partial charge on any atom is -0.493 e. The number of amides is 1. The van der Waals surface area contributed by atoms with E-state index in [1.165, 1.54) is 31.4 Å². The number of anilines is 1. The van der Waals surface area contributed by atoms with Crippen molar-refractivity contribution in [2.75, 3.05) is 12.4 Å². The van der Waals surface area contributed by atoms with E-state index in [2.05, 4.69) is 5.32 Å². The Hall–Kier alpha value is -4.06. The average molecular weight is 512 g/mol. The Morgan fingerprint density at radius 3 is 2.51 bits per heavy atom. The lowest BCUT2D eigenvalue weighted by atomic mass is 10.1. The van der Waals surface area contributed by atoms with Gasteiger partial charge in [0.15, 0.2) is 11.5 Å². The van der Waals surface area contributed by atoms with Crippen molar-refractivity contribution in [3.63, 3.8) is 0 Å². The van der Waals surface area contributed by atoms with Gasteiger partial charge in [0.1, 0.15) is 23.9 Å². The van der Waals surface area contributed by atoms with Crippen molar-refractivity contribution in [1.29, 1.82) is 5.26 Å². The summed E-state index contributed by atoms with van der Waals surface area (Å²) in [6.45, 7) is 2.25. The zero-order chi connectivity index (χ0) is 25.5. The number of carbonyl (C=O) groups excluding carboxylic acids is 1. The number of ether oxygens (including phenoxy) is 2. The normalized spacial score (nSPS) is 10.9. The van der Waals surface area contributed by atoms with E-state index in [0.717, 1.165) is 17.2 Å². The lowest BCUT2D eigenvalue weighted by Gasteiger charge is -2.14. The monoisotopic (exact) mass is 511 g/mol.